The standard InChI is InChI=1S/C20H30N6.HI/c1-21-20(23-15-11-12-26(14-15)16-7-3-4-8-16)22-13-19-24-17-9-5-6-10-18(17)25(19)2;/h5-6,9-10,15-16H,3-4,7-8,11-14H2,1-2H3,(H2,21,22,23);1H. The Bertz CT molecular complexity index is 780. The van der Waals surface area contributed by atoms with Crippen LogP contribution in [0.2, 0.25) is 0 Å². The van der Waals surface area contributed by atoms with Crippen LogP contribution in [0.25, 0.3) is 11.0 Å². The fourth-order valence-corrected chi connectivity index (χ4v) is 4.41. The number of nitrogens with zero attached hydrogens (tertiary/aromatic N) is 4. The number of nitrogens with one attached hydrogen (secondary N) is 2. The zero-order chi connectivity index (χ0) is 17.9. The minimum Gasteiger partial charge on any atom is -0.352 e. The van der Waals surface area contributed by atoms with Gasteiger partial charge in [0.1, 0.15) is 5.82 Å². The van der Waals surface area contributed by atoms with Gasteiger partial charge in [0.15, 0.2) is 5.96 Å². The van der Waals surface area contributed by atoms with E-state index in [1.54, 1.807) is 0 Å². The predicted octanol–water partition coefficient (Wildman–Crippen LogP) is 2.87. The molecule has 4 rings (SSSR count). The van der Waals surface area contributed by atoms with Crippen LogP contribution in [-0.2, 0) is 13.6 Å². The van der Waals surface area contributed by atoms with E-state index < -0.39 is 0 Å². The van der Waals surface area contributed by atoms with Crippen molar-refractivity contribution in [3.8, 4) is 0 Å². The molecule has 1 saturated heterocycles. The van der Waals surface area contributed by atoms with Crippen molar-refractivity contribution in [1.29, 1.82) is 0 Å². The van der Waals surface area contributed by atoms with Gasteiger partial charge in [0.05, 0.1) is 17.6 Å². The molecular formula is C20H31IN6. The van der Waals surface area contributed by atoms with Gasteiger partial charge in [-0.25, -0.2) is 4.98 Å². The number of likely N-dealkylation sites (tertiary alicyclic amines) is 1. The van der Waals surface area contributed by atoms with E-state index in [0.717, 1.165) is 35.4 Å². The Morgan fingerprint density at radius 2 is 2.00 bits per heavy atom. The topological polar surface area (TPSA) is 57.5 Å². The van der Waals surface area contributed by atoms with E-state index in [1.807, 2.05) is 13.1 Å². The van der Waals surface area contributed by atoms with E-state index in [1.165, 1.54) is 38.6 Å². The maximum absolute atomic E-state index is 4.72. The van der Waals surface area contributed by atoms with Crippen molar-refractivity contribution in [2.24, 2.45) is 12.0 Å². The number of para-hydroxylation sites is 2. The molecule has 1 unspecified atom stereocenters. The molecule has 27 heavy (non-hydrogen) atoms. The quantitative estimate of drug-likeness (QED) is 0.400. The van der Waals surface area contributed by atoms with Gasteiger partial charge >= 0.3 is 0 Å². The fourth-order valence-electron chi connectivity index (χ4n) is 4.41. The van der Waals surface area contributed by atoms with Crippen LogP contribution >= 0.6 is 24.0 Å². The molecule has 1 aliphatic carbocycles. The van der Waals surface area contributed by atoms with Crippen LogP contribution in [0.4, 0.5) is 0 Å². The fraction of sp³-hybridized carbons (Fsp3) is 0.600. The number of fused-ring (bicyclic) bond motifs is 1. The summed E-state index contributed by atoms with van der Waals surface area (Å²) >= 11 is 0. The molecule has 2 fully saturated rings. The molecule has 0 radical (unpaired) electrons. The summed E-state index contributed by atoms with van der Waals surface area (Å²) in [4.78, 5) is 11.8. The van der Waals surface area contributed by atoms with Crippen molar-refractivity contribution in [1.82, 2.24) is 25.1 Å². The molecule has 1 atom stereocenters. The van der Waals surface area contributed by atoms with E-state index in [4.69, 9.17) is 4.98 Å². The molecule has 7 heteroatoms. The number of rotatable bonds is 4. The lowest BCUT2D eigenvalue weighted by Gasteiger charge is -2.24. The van der Waals surface area contributed by atoms with Crippen molar-refractivity contribution in [2.75, 3.05) is 20.1 Å². The summed E-state index contributed by atoms with van der Waals surface area (Å²) in [7, 11) is 3.91. The average Bonchev–Trinajstić information content (AvgIpc) is 3.39. The van der Waals surface area contributed by atoms with E-state index in [2.05, 4.69) is 50.3 Å². The highest BCUT2D eigenvalue weighted by Crippen LogP contribution is 2.26. The average molecular weight is 482 g/mol. The molecule has 1 aromatic carbocycles. The number of aryl methyl sites for hydroxylation is 1. The van der Waals surface area contributed by atoms with Crippen LogP contribution in [0.3, 0.4) is 0 Å². The summed E-state index contributed by atoms with van der Waals surface area (Å²) in [5.41, 5.74) is 2.20. The molecule has 148 valence electrons. The van der Waals surface area contributed by atoms with Gasteiger partial charge < -0.3 is 15.2 Å². The minimum absolute atomic E-state index is 0. The normalized spacial score (nSPS) is 21.6. The van der Waals surface area contributed by atoms with E-state index in [0.29, 0.717) is 12.6 Å². The molecule has 1 saturated carbocycles. The maximum atomic E-state index is 4.72. The number of guanidine groups is 1. The molecule has 2 aromatic rings. The number of hydrogen-bond donors (Lipinski definition) is 2. The third kappa shape index (κ3) is 4.56. The van der Waals surface area contributed by atoms with Gasteiger partial charge in [-0.2, -0.15) is 0 Å². The maximum Gasteiger partial charge on any atom is 0.191 e. The molecule has 1 aliphatic heterocycles. The number of halogens is 1. The first-order chi connectivity index (χ1) is 12.7. The van der Waals surface area contributed by atoms with Crippen LogP contribution < -0.4 is 10.6 Å². The Labute approximate surface area is 178 Å². The SMILES string of the molecule is CN=C(NCc1nc2ccccc2n1C)NC1CCN(C2CCCC2)C1.I. The van der Waals surface area contributed by atoms with E-state index in [-0.39, 0.29) is 24.0 Å². The van der Waals surface area contributed by atoms with Gasteiger partial charge in [-0.3, -0.25) is 9.89 Å². The van der Waals surface area contributed by atoms with Gasteiger partial charge in [0.2, 0.25) is 0 Å². The number of hydrogen-bond acceptors (Lipinski definition) is 3. The van der Waals surface area contributed by atoms with Gasteiger partial charge in [-0.05, 0) is 31.4 Å². The zero-order valence-corrected chi connectivity index (χ0v) is 18.6. The second-order valence-electron chi connectivity index (χ2n) is 7.56. The smallest absolute Gasteiger partial charge is 0.191 e. The summed E-state index contributed by atoms with van der Waals surface area (Å²) in [6, 6.07) is 9.55. The van der Waals surface area contributed by atoms with Crippen LogP contribution in [-0.4, -0.2) is 52.6 Å². The Hall–Kier alpha value is -1.35. The highest BCUT2D eigenvalue weighted by atomic mass is 127. The molecule has 1 aromatic heterocycles. The highest BCUT2D eigenvalue weighted by molar-refractivity contribution is 14.0. The molecule has 6 nitrogen and oxygen atoms in total. The summed E-state index contributed by atoms with van der Waals surface area (Å²) in [5, 5.41) is 7.04. The number of aromatic nitrogens is 2. The molecule has 0 bridgehead atoms. The Balaban J connectivity index is 0.00000210. The first-order valence-electron chi connectivity index (χ1n) is 9.86. The summed E-state index contributed by atoms with van der Waals surface area (Å²) in [6.07, 6.45) is 6.77. The lowest BCUT2D eigenvalue weighted by Crippen LogP contribution is -2.45. The van der Waals surface area contributed by atoms with Crippen LogP contribution in [0.1, 0.15) is 37.9 Å². The second kappa shape index (κ2) is 9.23. The second-order valence-corrected chi connectivity index (χ2v) is 7.56. The number of aliphatic imine (C=N–C) groups is 1. The van der Waals surface area contributed by atoms with E-state index in [9.17, 15) is 0 Å². The molecule has 2 aliphatic rings. The van der Waals surface area contributed by atoms with Crippen LogP contribution in [0.15, 0.2) is 29.3 Å². The van der Waals surface area contributed by atoms with Gasteiger partial charge in [0, 0.05) is 39.3 Å². The largest absolute Gasteiger partial charge is 0.352 e. The van der Waals surface area contributed by atoms with Gasteiger partial charge in [0.25, 0.3) is 0 Å². The van der Waals surface area contributed by atoms with Gasteiger partial charge in [-0.1, -0.05) is 25.0 Å². The van der Waals surface area contributed by atoms with Crippen molar-refractivity contribution in [2.45, 2.75) is 50.7 Å². The third-order valence-electron chi connectivity index (χ3n) is 5.92. The number of imidazole rings is 1. The Kier molecular flexibility index (Phi) is 6.97. The lowest BCUT2D eigenvalue weighted by molar-refractivity contribution is 0.242. The minimum atomic E-state index is 0. The Morgan fingerprint density at radius 1 is 1.22 bits per heavy atom. The number of benzene rings is 1. The highest BCUT2D eigenvalue weighted by Gasteiger charge is 2.30. The first-order valence-corrected chi connectivity index (χ1v) is 9.86. The predicted molar refractivity (Wildman–Crippen MR) is 122 cm³/mol. The van der Waals surface area contributed by atoms with Crippen molar-refractivity contribution < 1.29 is 0 Å². The summed E-state index contributed by atoms with van der Waals surface area (Å²) in [6.45, 7) is 3.02. The van der Waals surface area contributed by atoms with Crippen LogP contribution in [0.5, 0.6) is 0 Å². The zero-order valence-electron chi connectivity index (χ0n) is 16.3. The first kappa shape index (κ1) is 20.4. The lowest BCUT2D eigenvalue weighted by atomic mass is 10.2. The van der Waals surface area contributed by atoms with E-state index >= 15 is 0 Å². The molecule has 0 amide bonds. The molecule has 2 N–H and O–H groups in total. The molecule has 0 spiro atoms. The van der Waals surface area contributed by atoms with Crippen molar-refractivity contribution in [3.05, 3.63) is 30.1 Å². The molecule has 2 heterocycles. The van der Waals surface area contributed by atoms with Crippen LogP contribution in [0, 0.1) is 0 Å². The monoisotopic (exact) mass is 482 g/mol. The third-order valence-corrected chi connectivity index (χ3v) is 5.92. The molecular weight excluding hydrogens is 451 g/mol. The van der Waals surface area contributed by atoms with Crippen molar-refractivity contribution in [3.63, 3.8) is 0 Å². The summed E-state index contributed by atoms with van der Waals surface area (Å²) in [5.74, 6) is 1.89. The summed E-state index contributed by atoms with van der Waals surface area (Å²) < 4.78 is 2.15. The Morgan fingerprint density at radius 3 is 2.74 bits per heavy atom. The van der Waals surface area contributed by atoms with Gasteiger partial charge in [-0.15, -0.1) is 24.0 Å². The van der Waals surface area contributed by atoms with Crippen molar-refractivity contribution >= 4 is 41.0 Å².